The van der Waals surface area contributed by atoms with Gasteiger partial charge in [-0.05, 0) is 49.8 Å². The Bertz CT molecular complexity index is 359. The number of hydrogen-bond acceptors (Lipinski definition) is 3. The molecule has 0 aromatic carbocycles. The maximum absolute atomic E-state index is 5.78. The van der Waals surface area contributed by atoms with Crippen LogP contribution < -0.4 is 10.5 Å². The van der Waals surface area contributed by atoms with Crippen LogP contribution in [-0.4, -0.2) is 18.6 Å². The zero-order valence-electron chi connectivity index (χ0n) is 9.42. The minimum absolute atomic E-state index is 0.374. The zero-order chi connectivity index (χ0) is 10.9. The van der Waals surface area contributed by atoms with Gasteiger partial charge in [0.15, 0.2) is 0 Å². The standard InChI is InChI=1S/C12H18N2O/c1-9-5-10(6-11(14-9)15-2)7-12(8-13)3-4-12/h5-6H,3-4,7-8,13H2,1-2H3. The van der Waals surface area contributed by atoms with E-state index in [4.69, 9.17) is 10.5 Å². The second-order valence-corrected chi connectivity index (χ2v) is 4.54. The molecule has 2 rings (SSSR count). The summed E-state index contributed by atoms with van der Waals surface area (Å²) in [7, 11) is 1.65. The lowest BCUT2D eigenvalue weighted by atomic mass is 9.97. The molecular weight excluding hydrogens is 188 g/mol. The third-order valence-electron chi connectivity index (χ3n) is 3.17. The number of methoxy groups -OCH3 is 1. The summed E-state index contributed by atoms with van der Waals surface area (Å²) >= 11 is 0. The molecule has 0 spiro atoms. The fraction of sp³-hybridized carbons (Fsp3) is 0.583. The van der Waals surface area contributed by atoms with Crippen molar-refractivity contribution in [1.82, 2.24) is 4.98 Å². The van der Waals surface area contributed by atoms with E-state index in [9.17, 15) is 0 Å². The number of pyridine rings is 1. The van der Waals surface area contributed by atoms with E-state index in [1.807, 2.05) is 13.0 Å². The Morgan fingerprint density at radius 2 is 2.20 bits per heavy atom. The van der Waals surface area contributed by atoms with Gasteiger partial charge in [0.25, 0.3) is 0 Å². The molecular formula is C12H18N2O. The van der Waals surface area contributed by atoms with Crippen LogP contribution in [0.5, 0.6) is 5.88 Å². The largest absolute Gasteiger partial charge is 0.481 e. The third kappa shape index (κ3) is 2.29. The number of ether oxygens (including phenoxy) is 1. The summed E-state index contributed by atoms with van der Waals surface area (Å²) in [5.41, 5.74) is 8.46. The van der Waals surface area contributed by atoms with Crippen molar-refractivity contribution in [3.63, 3.8) is 0 Å². The van der Waals surface area contributed by atoms with Crippen molar-refractivity contribution in [2.24, 2.45) is 11.1 Å². The zero-order valence-corrected chi connectivity index (χ0v) is 9.42. The molecule has 0 unspecified atom stereocenters. The van der Waals surface area contributed by atoms with Crippen molar-refractivity contribution in [2.75, 3.05) is 13.7 Å². The van der Waals surface area contributed by atoms with E-state index >= 15 is 0 Å². The van der Waals surface area contributed by atoms with Crippen LogP contribution >= 0.6 is 0 Å². The first-order valence-corrected chi connectivity index (χ1v) is 5.39. The molecule has 2 N–H and O–H groups in total. The molecule has 1 heterocycles. The first-order chi connectivity index (χ1) is 7.17. The van der Waals surface area contributed by atoms with Crippen molar-refractivity contribution >= 4 is 0 Å². The van der Waals surface area contributed by atoms with Crippen molar-refractivity contribution in [1.29, 1.82) is 0 Å². The van der Waals surface area contributed by atoms with Crippen molar-refractivity contribution in [3.05, 3.63) is 23.4 Å². The minimum Gasteiger partial charge on any atom is -0.481 e. The van der Waals surface area contributed by atoms with Crippen LogP contribution in [0.4, 0.5) is 0 Å². The Morgan fingerprint density at radius 1 is 1.47 bits per heavy atom. The average Bonchev–Trinajstić information content (AvgIpc) is 2.97. The highest BCUT2D eigenvalue weighted by molar-refractivity contribution is 5.26. The highest BCUT2D eigenvalue weighted by atomic mass is 16.5. The highest BCUT2D eigenvalue weighted by Gasteiger charge is 2.41. The second-order valence-electron chi connectivity index (χ2n) is 4.54. The van der Waals surface area contributed by atoms with Gasteiger partial charge in [0, 0.05) is 11.8 Å². The Hall–Kier alpha value is -1.09. The number of nitrogens with zero attached hydrogens (tertiary/aromatic N) is 1. The van der Waals surface area contributed by atoms with Crippen LogP contribution in [-0.2, 0) is 6.42 Å². The van der Waals surface area contributed by atoms with E-state index in [0.717, 1.165) is 18.7 Å². The summed E-state index contributed by atoms with van der Waals surface area (Å²) < 4.78 is 5.16. The average molecular weight is 206 g/mol. The first-order valence-electron chi connectivity index (χ1n) is 5.39. The molecule has 3 heteroatoms. The summed E-state index contributed by atoms with van der Waals surface area (Å²) in [5.74, 6) is 0.706. The van der Waals surface area contributed by atoms with Gasteiger partial charge in [-0.25, -0.2) is 4.98 Å². The van der Waals surface area contributed by atoms with Gasteiger partial charge in [0.05, 0.1) is 7.11 Å². The summed E-state index contributed by atoms with van der Waals surface area (Å²) in [6.07, 6.45) is 3.57. The number of rotatable bonds is 4. The lowest BCUT2D eigenvalue weighted by molar-refractivity contribution is 0.395. The maximum atomic E-state index is 5.78. The Morgan fingerprint density at radius 3 is 2.73 bits per heavy atom. The number of hydrogen-bond donors (Lipinski definition) is 1. The molecule has 0 radical (unpaired) electrons. The van der Waals surface area contributed by atoms with E-state index in [-0.39, 0.29) is 0 Å². The van der Waals surface area contributed by atoms with Crippen molar-refractivity contribution < 1.29 is 4.74 Å². The van der Waals surface area contributed by atoms with Gasteiger partial charge in [-0.3, -0.25) is 0 Å². The van der Waals surface area contributed by atoms with E-state index in [1.54, 1.807) is 7.11 Å². The monoisotopic (exact) mass is 206 g/mol. The SMILES string of the molecule is COc1cc(CC2(CN)CC2)cc(C)n1. The summed E-state index contributed by atoms with van der Waals surface area (Å²) in [5, 5.41) is 0. The normalized spacial score (nSPS) is 17.5. The number of aromatic nitrogens is 1. The molecule has 0 bridgehead atoms. The predicted octanol–water partition coefficient (Wildman–Crippen LogP) is 1.68. The van der Waals surface area contributed by atoms with E-state index in [0.29, 0.717) is 11.3 Å². The van der Waals surface area contributed by atoms with Gasteiger partial charge >= 0.3 is 0 Å². The molecule has 0 aliphatic heterocycles. The maximum Gasteiger partial charge on any atom is 0.213 e. The molecule has 82 valence electrons. The summed E-state index contributed by atoms with van der Waals surface area (Å²) in [6.45, 7) is 2.78. The molecule has 1 saturated carbocycles. The van der Waals surface area contributed by atoms with Gasteiger partial charge in [0.2, 0.25) is 5.88 Å². The topological polar surface area (TPSA) is 48.1 Å². The van der Waals surface area contributed by atoms with E-state index in [2.05, 4.69) is 11.1 Å². The van der Waals surface area contributed by atoms with Crippen LogP contribution in [0.2, 0.25) is 0 Å². The van der Waals surface area contributed by atoms with E-state index in [1.165, 1.54) is 18.4 Å². The number of nitrogens with two attached hydrogens (primary N) is 1. The first kappa shape index (κ1) is 10.4. The number of aryl methyl sites for hydroxylation is 1. The molecule has 3 nitrogen and oxygen atoms in total. The summed E-state index contributed by atoms with van der Waals surface area (Å²) in [6, 6.07) is 4.14. The van der Waals surface area contributed by atoms with Gasteiger partial charge in [-0.15, -0.1) is 0 Å². The molecule has 0 atom stereocenters. The molecule has 15 heavy (non-hydrogen) atoms. The fourth-order valence-corrected chi connectivity index (χ4v) is 1.98. The highest BCUT2D eigenvalue weighted by Crippen LogP contribution is 2.47. The molecule has 1 aromatic heterocycles. The van der Waals surface area contributed by atoms with E-state index < -0.39 is 0 Å². The molecule has 1 aliphatic rings. The van der Waals surface area contributed by atoms with Crippen LogP contribution in [0.1, 0.15) is 24.1 Å². The lowest BCUT2D eigenvalue weighted by Crippen LogP contribution is -2.18. The van der Waals surface area contributed by atoms with Crippen LogP contribution in [0, 0.1) is 12.3 Å². The molecule has 1 aromatic rings. The summed E-state index contributed by atoms with van der Waals surface area (Å²) in [4.78, 5) is 4.28. The van der Waals surface area contributed by atoms with Crippen LogP contribution in [0.3, 0.4) is 0 Å². The van der Waals surface area contributed by atoms with Gasteiger partial charge in [0.1, 0.15) is 0 Å². The third-order valence-corrected chi connectivity index (χ3v) is 3.17. The lowest BCUT2D eigenvalue weighted by Gasteiger charge is -2.13. The van der Waals surface area contributed by atoms with Crippen LogP contribution in [0.15, 0.2) is 12.1 Å². The minimum atomic E-state index is 0.374. The van der Waals surface area contributed by atoms with Gasteiger partial charge in [-0.1, -0.05) is 0 Å². The Kier molecular flexibility index (Phi) is 2.65. The smallest absolute Gasteiger partial charge is 0.213 e. The quantitative estimate of drug-likeness (QED) is 0.815. The predicted molar refractivity (Wildman–Crippen MR) is 60.0 cm³/mol. The molecule has 0 saturated heterocycles. The van der Waals surface area contributed by atoms with Crippen molar-refractivity contribution in [3.8, 4) is 5.88 Å². The molecule has 1 fully saturated rings. The Labute approximate surface area is 90.7 Å². The van der Waals surface area contributed by atoms with Gasteiger partial charge in [-0.2, -0.15) is 0 Å². The second kappa shape index (κ2) is 3.81. The molecule has 0 amide bonds. The molecule has 1 aliphatic carbocycles. The van der Waals surface area contributed by atoms with Crippen molar-refractivity contribution in [2.45, 2.75) is 26.2 Å². The van der Waals surface area contributed by atoms with Crippen LogP contribution in [0.25, 0.3) is 0 Å². The fourth-order valence-electron chi connectivity index (χ4n) is 1.98. The van der Waals surface area contributed by atoms with Gasteiger partial charge < -0.3 is 10.5 Å². The Balaban J connectivity index is 2.17.